The third kappa shape index (κ3) is 2.55. The monoisotopic (exact) mass is 226 g/mol. The van der Waals surface area contributed by atoms with Gasteiger partial charge in [0.25, 0.3) is 0 Å². The molecule has 0 aromatic carbocycles. The predicted molar refractivity (Wildman–Crippen MR) is 62.0 cm³/mol. The normalized spacial score (nSPS) is 32.8. The Morgan fingerprint density at radius 1 is 1.44 bits per heavy atom. The molecule has 92 valence electrons. The summed E-state index contributed by atoms with van der Waals surface area (Å²) in [5.41, 5.74) is 0. The van der Waals surface area contributed by atoms with Crippen molar-refractivity contribution in [2.75, 3.05) is 19.6 Å². The van der Waals surface area contributed by atoms with Gasteiger partial charge in [-0.1, -0.05) is 0 Å². The second-order valence-corrected chi connectivity index (χ2v) is 5.08. The van der Waals surface area contributed by atoms with Crippen LogP contribution in [0.1, 0.15) is 32.6 Å². The number of carbonyl (C=O) groups excluding carboxylic acids is 1. The number of aliphatic hydroxyl groups excluding tert-OH is 1. The number of hydrogen-bond donors (Lipinski definition) is 2. The summed E-state index contributed by atoms with van der Waals surface area (Å²) in [4.78, 5) is 14.1. The first kappa shape index (κ1) is 11.9. The van der Waals surface area contributed by atoms with Crippen LogP contribution < -0.4 is 5.32 Å². The number of likely N-dealkylation sites (tertiary alicyclic amines) is 1. The molecule has 2 N–H and O–H groups in total. The molecule has 0 saturated carbocycles. The molecular weight excluding hydrogens is 204 g/mol. The zero-order valence-electron chi connectivity index (χ0n) is 9.98. The van der Waals surface area contributed by atoms with E-state index in [0.717, 1.165) is 45.3 Å². The fraction of sp³-hybridized carbons (Fsp3) is 0.917. The molecule has 2 rings (SSSR count). The van der Waals surface area contributed by atoms with Gasteiger partial charge in [-0.2, -0.15) is 0 Å². The number of piperidine rings is 1. The molecule has 0 aliphatic carbocycles. The number of nitrogens with one attached hydrogen (secondary N) is 1. The van der Waals surface area contributed by atoms with E-state index in [2.05, 4.69) is 5.32 Å². The van der Waals surface area contributed by atoms with Crippen LogP contribution in [0.2, 0.25) is 0 Å². The smallest absolute Gasteiger partial charge is 0.239 e. The fourth-order valence-electron chi connectivity index (χ4n) is 2.72. The van der Waals surface area contributed by atoms with Gasteiger partial charge in [0.1, 0.15) is 0 Å². The Kier molecular flexibility index (Phi) is 3.82. The Morgan fingerprint density at radius 3 is 2.88 bits per heavy atom. The van der Waals surface area contributed by atoms with E-state index in [-0.39, 0.29) is 24.0 Å². The average Bonchev–Trinajstić information content (AvgIpc) is 2.81. The van der Waals surface area contributed by atoms with E-state index >= 15 is 0 Å². The second kappa shape index (κ2) is 5.15. The zero-order valence-corrected chi connectivity index (χ0v) is 9.98. The maximum atomic E-state index is 12.2. The lowest BCUT2D eigenvalue weighted by Gasteiger charge is -2.35. The van der Waals surface area contributed by atoms with Crippen molar-refractivity contribution < 1.29 is 9.90 Å². The number of carbonyl (C=O) groups is 1. The van der Waals surface area contributed by atoms with Crippen molar-refractivity contribution in [2.45, 2.75) is 44.8 Å². The van der Waals surface area contributed by atoms with Crippen LogP contribution in [0, 0.1) is 5.92 Å². The minimum Gasteiger partial charge on any atom is -0.393 e. The van der Waals surface area contributed by atoms with E-state index in [4.69, 9.17) is 0 Å². The van der Waals surface area contributed by atoms with E-state index in [1.165, 1.54) is 0 Å². The Labute approximate surface area is 97.0 Å². The number of nitrogens with zero attached hydrogens (tertiary/aromatic N) is 1. The lowest BCUT2D eigenvalue weighted by Crippen LogP contribution is -2.49. The van der Waals surface area contributed by atoms with E-state index < -0.39 is 0 Å². The van der Waals surface area contributed by atoms with Crippen LogP contribution in [0.15, 0.2) is 0 Å². The van der Waals surface area contributed by atoms with Gasteiger partial charge in [0.15, 0.2) is 0 Å². The lowest BCUT2D eigenvalue weighted by molar-refractivity contribution is -0.135. The summed E-state index contributed by atoms with van der Waals surface area (Å²) in [5.74, 6) is 0.502. The summed E-state index contributed by atoms with van der Waals surface area (Å²) >= 11 is 0. The van der Waals surface area contributed by atoms with Crippen LogP contribution in [-0.4, -0.2) is 47.7 Å². The zero-order chi connectivity index (χ0) is 11.5. The SMILES string of the molecule is C[C@H](O)[C@H]1CCCN(C(=O)[C@@H]2CCCN2)C1. The average molecular weight is 226 g/mol. The minimum atomic E-state index is -0.299. The van der Waals surface area contributed by atoms with Crippen molar-refractivity contribution >= 4 is 5.91 Å². The maximum Gasteiger partial charge on any atom is 0.239 e. The molecule has 1 amide bonds. The summed E-state index contributed by atoms with van der Waals surface area (Å²) in [6, 6.07) is 0.0350. The largest absolute Gasteiger partial charge is 0.393 e. The third-order valence-electron chi connectivity index (χ3n) is 3.81. The van der Waals surface area contributed by atoms with Gasteiger partial charge in [0, 0.05) is 19.0 Å². The summed E-state index contributed by atoms with van der Waals surface area (Å²) in [7, 11) is 0. The van der Waals surface area contributed by atoms with Crippen LogP contribution in [0.5, 0.6) is 0 Å². The van der Waals surface area contributed by atoms with Crippen molar-refractivity contribution in [3.8, 4) is 0 Å². The standard InChI is InChI=1S/C12H22N2O2/c1-9(15)10-4-3-7-14(8-10)12(16)11-5-2-6-13-11/h9-11,13,15H,2-8H2,1H3/t9-,10-,11-/m0/s1. The maximum absolute atomic E-state index is 12.2. The summed E-state index contributed by atoms with van der Waals surface area (Å²) in [5, 5.41) is 12.8. The molecule has 3 atom stereocenters. The van der Waals surface area contributed by atoms with Crippen LogP contribution in [-0.2, 0) is 4.79 Å². The number of rotatable bonds is 2. The fourth-order valence-corrected chi connectivity index (χ4v) is 2.72. The first-order chi connectivity index (χ1) is 7.68. The first-order valence-electron chi connectivity index (χ1n) is 6.38. The van der Waals surface area contributed by atoms with Gasteiger partial charge in [-0.05, 0) is 39.2 Å². The van der Waals surface area contributed by atoms with Gasteiger partial charge >= 0.3 is 0 Å². The molecule has 0 spiro atoms. The van der Waals surface area contributed by atoms with Crippen molar-refractivity contribution in [3.05, 3.63) is 0 Å². The highest BCUT2D eigenvalue weighted by atomic mass is 16.3. The minimum absolute atomic E-state index is 0.0350. The molecule has 0 aromatic rings. The molecule has 2 aliphatic heterocycles. The molecule has 0 radical (unpaired) electrons. The molecule has 2 fully saturated rings. The van der Waals surface area contributed by atoms with Crippen molar-refractivity contribution in [3.63, 3.8) is 0 Å². The molecule has 4 nitrogen and oxygen atoms in total. The Balaban J connectivity index is 1.90. The van der Waals surface area contributed by atoms with Crippen LogP contribution in [0.25, 0.3) is 0 Å². The number of hydrogen-bond acceptors (Lipinski definition) is 3. The van der Waals surface area contributed by atoms with E-state index in [1.54, 1.807) is 0 Å². The number of aliphatic hydroxyl groups is 1. The van der Waals surface area contributed by atoms with Gasteiger partial charge < -0.3 is 15.3 Å². The van der Waals surface area contributed by atoms with Gasteiger partial charge in [-0.15, -0.1) is 0 Å². The highest BCUT2D eigenvalue weighted by Crippen LogP contribution is 2.21. The van der Waals surface area contributed by atoms with Gasteiger partial charge in [0.05, 0.1) is 12.1 Å². The first-order valence-corrected chi connectivity index (χ1v) is 6.38. The van der Waals surface area contributed by atoms with Crippen molar-refractivity contribution in [1.82, 2.24) is 10.2 Å². The predicted octanol–water partition coefficient (Wildman–Crippen LogP) is 0.358. The lowest BCUT2D eigenvalue weighted by atomic mass is 9.93. The van der Waals surface area contributed by atoms with Crippen molar-refractivity contribution in [1.29, 1.82) is 0 Å². The Hall–Kier alpha value is -0.610. The molecule has 0 bridgehead atoms. The number of amides is 1. The summed E-state index contributed by atoms with van der Waals surface area (Å²) in [6.45, 7) is 4.38. The van der Waals surface area contributed by atoms with Crippen LogP contribution in [0.3, 0.4) is 0 Å². The van der Waals surface area contributed by atoms with Crippen LogP contribution in [0.4, 0.5) is 0 Å². The molecule has 2 saturated heterocycles. The third-order valence-corrected chi connectivity index (χ3v) is 3.81. The van der Waals surface area contributed by atoms with Gasteiger partial charge in [-0.25, -0.2) is 0 Å². The van der Waals surface area contributed by atoms with E-state index in [1.807, 2.05) is 11.8 Å². The molecule has 2 heterocycles. The topological polar surface area (TPSA) is 52.6 Å². The van der Waals surface area contributed by atoms with Crippen molar-refractivity contribution in [2.24, 2.45) is 5.92 Å². The summed E-state index contributed by atoms with van der Waals surface area (Å²) in [6.07, 6.45) is 3.83. The molecular formula is C12H22N2O2. The van der Waals surface area contributed by atoms with E-state index in [9.17, 15) is 9.90 Å². The molecule has 4 heteroatoms. The molecule has 0 aromatic heterocycles. The van der Waals surface area contributed by atoms with Gasteiger partial charge in [-0.3, -0.25) is 4.79 Å². The molecule has 2 aliphatic rings. The highest BCUT2D eigenvalue weighted by Gasteiger charge is 2.31. The van der Waals surface area contributed by atoms with Gasteiger partial charge in [0.2, 0.25) is 5.91 Å². The Bertz CT molecular complexity index is 249. The molecule has 16 heavy (non-hydrogen) atoms. The molecule has 0 unspecified atom stereocenters. The van der Waals surface area contributed by atoms with Crippen LogP contribution >= 0.6 is 0 Å². The quantitative estimate of drug-likeness (QED) is 0.715. The van der Waals surface area contributed by atoms with E-state index in [0.29, 0.717) is 0 Å². The summed E-state index contributed by atoms with van der Waals surface area (Å²) < 4.78 is 0. The second-order valence-electron chi connectivity index (χ2n) is 5.08. The highest BCUT2D eigenvalue weighted by molar-refractivity contribution is 5.82. The Morgan fingerprint density at radius 2 is 2.25 bits per heavy atom.